The standard InChI is InChI=1S/C7H10F3O/c8-7(9,10)6(5-11)3-1-2-4-6/h1-5H2. The van der Waals surface area contributed by atoms with E-state index in [2.05, 4.69) is 0 Å². The quantitative estimate of drug-likeness (QED) is 0.572. The minimum absolute atomic E-state index is 0.0278. The van der Waals surface area contributed by atoms with Crippen LogP contribution < -0.4 is 0 Å². The Labute approximate surface area is 63.2 Å². The Morgan fingerprint density at radius 2 is 1.64 bits per heavy atom. The smallest absolute Gasteiger partial charge is 0.236 e. The summed E-state index contributed by atoms with van der Waals surface area (Å²) in [5, 5.41) is 10.4. The second-order valence-electron chi connectivity index (χ2n) is 3.13. The lowest BCUT2D eigenvalue weighted by Gasteiger charge is -2.27. The molecule has 1 nitrogen and oxygen atoms in total. The monoisotopic (exact) mass is 167 g/mol. The minimum atomic E-state index is -4.29. The summed E-state index contributed by atoms with van der Waals surface area (Å²) in [6.07, 6.45) is -3.14. The number of halogens is 3. The van der Waals surface area contributed by atoms with Gasteiger partial charge in [-0.2, -0.15) is 13.2 Å². The molecule has 0 saturated heterocycles. The van der Waals surface area contributed by atoms with Crippen LogP contribution in [0.2, 0.25) is 0 Å². The average Bonchev–Trinajstić information content (AvgIpc) is 2.33. The van der Waals surface area contributed by atoms with E-state index in [4.69, 9.17) is 0 Å². The van der Waals surface area contributed by atoms with Gasteiger partial charge in [-0.3, -0.25) is 0 Å². The Balaban J connectivity index is 2.75. The van der Waals surface area contributed by atoms with E-state index in [-0.39, 0.29) is 12.8 Å². The summed E-state index contributed by atoms with van der Waals surface area (Å²) in [6.45, 7) is -1.00. The molecule has 0 N–H and O–H groups in total. The van der Waals surface area contributed by atoms with Crippen LogP contribution in [0.5, 0.6) is 0 Å². The van der Waals surface area contributed by atoms with Crippen molar-refractivity contribution >= 4 is 0 Å². The second kappa shape index (κ2) is 2.66. The fourth-order valence-electron chi connectivity index (χ4n) is 1.56. The molecule has 0 aromatic carbocycles. The average molecular weight is 167 g/mol. The molecule has 0 aliphatic heterocycles. The Hall–Kier alpha value is -0.250. The summed E-state index contributed by atoms with van der Waals surface area (Å²) < 4.78 is 36.6. The van der Waals surface area contributed by atoms with Crippen LogP contribution in [-0.2, 0) is 5.11 Å². The molecule has 1 rings (SSSR count). The van der Waals surface area contributed by atoms with Crippen LogP contribution in [0, 0.1) is 5.41 Å². The molecule has 1 fully saturated rings. The third-order valence-electron chi connectivity index (χ3n) is 2.44. The normalized spacial score (nSPS) is 24.0. The highest BCUT2D eigenvalue weighted by Crippen LogP contribution is 2.49. The molecule has 1 saturated carbocycles. The van der Waals surface area contributed by atoms with Gasteiger partial charge < -0.3 is 0 Å². The molecule has 0 atom stereocenters. The first kappa shape index (κ1) is 8.84. The van der Waals surface area contributed by atoms with Crippen molar-refractivity contribution in [1.29, 1.82) is 0 Å². The fraction of sp³-hybridized carbons (Fsp3) is 1.00. The van der Waals surface area contributed by atoms with Gasteiger partial charge in [0.15, 0.2) is 0 Å². The van der Waals surface area contributed by atoms with Gasteiger partial charge in [-0.25, -0.2) is 5.11 Å². The molecule has 1 aliphatic rings. The molecule has 65 valence electrons. The van der Waals surface area contributed by atoms with Gasteiger partial charge in [0.25, 0.3) is 0 Å². The van der Waals surface area contributed by atoms with Crippen molar-refractivity contribution in [1.82, 2.24) is 0 Å². The molecular weight excluding hydrogens is 157 g/mol. The maximum absolute atomic E-state index is 12.2. The Morgan fingerprint density at radius 1 is 1.18 bits per heavy atom. The first-order valence-electron chi connectivity index (χ1n) is 3.67. The zero-order valence-electron chi connectivity index (χ0n) is 6.08. The summed E-state index contributed by atoms with van der Waals surface area (Å²) in [7, 11) is 0. The number of rotatable bonds is 1. The van der Waals surface area contributed by atoms with E-state index >= 15 is 0 Å². The lowest BCUT2D eigenvalue weighted by Crippen LogP contribution is -2.38. The van der Waals surface area contributed by atoms with Gasteiger partial charge in [-0.05, 0) is 12.8 Å². The van der Waals surface area contributed by atoms with E-state index < -0.39 is 18.2 Å². The van der Waals surface area contributed by atoms with Crippen molar-refractivity contribution in [2.75, 3.05) is 6.61 Å². The predicted octanol–water partition coefficient (Wildman–Crippen LogP) is 2.54. The van der Waals surface area contributed by atoms with Crippen molar-refractivity contribution in [2.45, 2.75) is 31.9 Å². The van der Waals surface area contributed by atoms with Gasteiger partial charge in [0, 0.05) is 0 Å². The molecule has 4 heteroatoms. The van der Waals surface area contributed by atoms with Crippen molar-refractivity contribution in [2.24, 2.45) is 5.41 Å². The molecule has 0 bridgehead atoms. The van der Waals surface area contributed by atoms with Crippen molar-refractivity contribution in [3.8, 4) is 0 Å². The Kier molecular flexibility index (Phi) is 2.14. The number of hydrogen-bond acceptors (Lipinski definition) is 0. The molecule has 0 aromatic rings. The summed E-state index contributed by atoms with van der Waals surface area (Å²) in [5.41, 5.74) is -1.88. The first-order valence-corrected chi connectivity index (χ1v) is 3.67. The molecule has 0 aromatic heterocycles. The predicted molar refractivity (Wildman–Crippen MR) is 32.5 cm³/mol. The van der Waals surface area contributed by atoms with E-state index in [1.165, 1.54) is 0 Å². The molecular formula is C7H10F3O. The lowest BCUT2D eigenvalue weighted by molar-refractivity contribution is -0.238. The maximum Gasteiger partial charge on any atom is 0.396 e. The van der Waals surface area contributed by atoms with Crippen LogP contribution in [0.4, 0.5) is 13.2 Å². The molecule has 1 aliphatic carbocycles. The van der Waals surface area contributed by atoms with Crippen molar-refractivity contribution < 1.29 is 18.3 Å². The van der Waals surface area contributed by atoms with Gasteiger partial charge in [0.05, 0.1) is 12.0 Å². The molecule has 0 amide bonds. The van der Waals surface area contributed by atoms with E-state index in [0.29, 0.717) is 12.8 Å². The van der Waals surface area contributed by atoms with E-state index in [1.54, 1.807) is 0 Å². The summed E-state index contributed by atoms with van der Waals surface area (Å²) >= 11 is 0. The zero-order chi connectivity index (χ0) is 8.54. The highest BCUT2D eigenvalue weighted by Gasteiger charge is 2.55. The molecule has 11 heavy (non-hydrogen) atoms. The van der Waals surface area contributed by atoms with Gasteiger partial charge in [-0.15, -0.1) is 0 Å². The minimum Gasteiger partial charge on any atom is -0.236 e. The SMILES string of the molecule is [O]CC1(C(F)(F)F)CCCC1. The fourth-order valence-corrected chi connectivity index (χ4v) is 1.56. The van der Waals surface area contributed by atoms with Gasteiger partial charge in [-0.1, -0.05) is 12.8 Å². The molecule has 0 unspecified atom stereocenters. The highest BCUT2D eigenvalue weighted by atomic mass is 19.4. The first-order chi connectivity index (χ1) is 5.02. The van der Waals surface area contributed by atoms with Crippen molar-refractivity contribution in [3.05, 3.63) is 0 Å². The second-order valence-corrected chi connectivity index (χ2v) is 3.13. The largest absolute Gasteiger partial charge is 0.396 e. The van der Waals surface area contributed by atoms with Crippen LogP contribution in [0.15, 0.2) is 0 Å². The van der Waals surface area contributed by atoms with Crippen LogP contribution in [0.1, 0.15) is 25.7 Å². The van der Waals surface area contributed by atoms with E-state index in [0.717, 1.165) is 0 Å². The molecule has 0 spiro atoms. The topological polar surface area (TPSA) is 19.9 Å². The van der Waals surface area contributed by atoms with Gasteiger partial charge >= 0.3 is 6.18 Å². The summed E-state index contributed by atoms with van der Waals surface area (Å²) in [6, 6.07) is 0. The van der Waals surface area contributed by atoms with Crippen LogP contribution in [0.3, 0.4) is 0 Å². The highest BCUT2D eigenvalue weighted by molar-refractivity contribution is 4.90. The number of alkyl halides is 3. The lowest BCUT2D eigenvalue weighted by atomic mass is 9.87. The van der Waals surface area contributed by atoms with Crippen LogP contribution in [0.25, 0.3) is 0 Å². The van der Waals surface area contributed by atoms with Crippen LogP contribution >= 0.6 is 0 Å². The molecule has 1 radical (unpaired) electrons. The summed E-state index contributed by atoms with van der Waals surface area (Å²) in [4.78, 5) is 0. The number of hydrogen-bond donors (Lipinski definition) is 0. The van der Waals surface area contributed by atoms with Gasteiger partial charge in [0.1, 0.15) is 0 Å². The van der Waals surface area contributed by atoms with E-state index in [9.17, 15) is 18.3 Å². The summed E-state index contributed by atoms with van der Waals surface area (Å²) in [5.74, 6) is 0. The third-order valence-corrected chi connectivity index (χ3v) is 2.44. The zero-order valence-corrected chi connectivity index (χ0v) is 6.08. The van der Waals surface area contributed by atoms with Crippen LogP contribution in [-0.4, -0.2) is 12.8 Å². The Morgan fingerprint density at radius 3 is 1.82 bits per heavy atom. The van der Waals surface area contributed by atoms with Crippen molar-refractivity contribution in [3.63, 3.8) is 0 Å². The maximum atomic E-state index is 12.2. The van der Waals surface area contributed by atoms with Gasteiger partial charge in [0.2, 0.25) is 0 Å². The molecule has 0 heterocycles. The third kappa shape index (κ3) is 1.36. The Bertz CT molecular complexity index is 135. The van der Waals surface area contributed by atoms with E-state index in [1.807, 2.05) is 0 Å².